The van der Waals surface area contributed by atoms with Crippen LogP contribution in [0.4, 0.5) is 24.9 Å². The van der Waals surface area contributed by atoms with Gasteiger partial charge in [0.05, 0.1) is 5.52 Å². The molecule has 0 saturated heterocycles. The summed E-state index contributed by atoms with van der Waals surface area (Å²) >= 11 is 0. The molecule has 1 aliphatic carbocycles. The van der Waals surface area contributed by atoms with Gasteiger partial charge in [0, 0.05) is 38.1 Å². The highest BCUT2D eigenvalue weighted by atomic mass is 19.2. The molecule has 2 aromatic carbocycles. The minimum atomic E-state index is -1.30. The molecule has 1 heterocycles. The van der Waals surface area contributed by atoms with Crippen molar-refractivity contribution in [2.45, 2.75) is 37.8 Å². The fourth-order valence-corrected chi connectivity index (χ4v) is 4.15. The predicted molar refractivity (Wildman–Crippen MR) is 123 cm³/mol. The Morgan fingerprint density at radius 1 is 0.939 bits per heavy atom. The van der Waals surface area contributed by atoms with Crippen molar-refractivity contribution in [3.8, 4) is 5.75 Å². The summed E-state index contributed by atoms with van der Waals surface area (Å²) in [7, 11) is 3.94. The Morgan fingerprint density at radius 3 is 2.39 bits per heavy atom. The van der Waals surface area contributed by atoms with E-state index < -0.39 is 23.2 Å². The standard InChI is InChI=1S/C24H28F3N5O/c1-32(2)23-17-5-3-4-6-20(17)30-24(31-23)29-16-9-7-15(8-10-16)28-13-14-33-22-19(26)12-11-18(25)21(22)27/h3-6,11-12,15-16,28H,7-10,13-14H2,1-2H3,(H,29,30,31). The van der Waals surface area contributed by atoms with Gasteiger partial charge in [-0.3, -0.25) is 0 Å². The molecular formula is C24H28F3N5O. The Balaban J connectivity index is 1.26. The van der Waals surface area contributed by atoms with Gasteiger partial charge in [0.2, 0.25) is 11.8 Å². The zero-order valence-electron chi connectivity index (χ0n) is 18.7. The van der Waals surface area contributed by atoms with Crippen molar-refractivity contribution in [3.63, 3.8) is 0 Å². The second-order valence-electron chi connectivity index (χ2n) is 8.45. The van der Waals surface area contributed by atoms with Crippen LogP contribution in [0.2, 0.25) is 0 Å². The van der Waals surface area contributed by atoms with E-state index in [0.29, 0.717) is 12.5 Å². The minimum absolute atomic E-state index is 0.0493. The summed E-state index contributed by atoms with van der Waals surface area (Å²) < 4.78 is 45.6. The molecule has 2 N–H and O–H groups in total. The summed E-state index contributed by atoms with van der Waals surface area (Å²) in [4.78, 5) is 11.4. The molecule has 176 valence electrons. The van der Waals surface area contributed by atoms with Crippen molar-refractivity contribution in [2.75, 3.05) is 37.5 Å². The van der Waals surface area contributed by atoms with Crippen molar-refractivity contribution in [2.24, 2.45) is 0 Å². The average molecular weight is 460 g/mol. The zero-order chi connectivity index (χ0) is 23.4. The SMILES string of the molecule is CN(C)c1nc(NC2CCC(NCCOc3c(F)ccc(F)c3F)CC2)nc2ccccc12. The molecule has 0 radical (unpaired) electrons. The maximum absolute atomic E-state index is 13.6. The first kappa shape index (κ1) is 23.1. The number of aromatic nitrogens is 2. The first-order chi connectivity index (χ1) is 15.9. The summed E-state index contributed by atoms with van der Waals surface area (Å²) in [5.74, 6) is -2.50. The van der Waals surface area contributed by atoms with E-state index in [4.69, 9.17) is 9.72 Å². The molecule has 4 rings (SSSR count). The summed E-state index contributed by atoms with van der Waals surface area (Å²) in [5.41, 5.74) is 0.903. The Kier molecular flexibility index (Phi) is 7.17. The number of para-hydroxylation sites is 1. The van der Waals surface area contributed by atoms with Crippen LogP contribution in [0, 0.1) is 17.5 Å². The highest BCUT2D eigenvalue weighted by Gasteiger charge is 2.22. The normalized spacial score (nSPS) is 18.3. The highest BCUT2D eigenvalue weighted by molar-refractivity contribution is 5.90. The molecule has 0 atom stereocenters. The Bertz CT molecular complexity index is 1100. The number of nitrogens with one attached hydrogen (secondary N) is 2. The van der Waals surface area contributed by atoms with Gasteiger partial charge in [-0.05, 0) is 49.9 Å². The number of hydrogen-bond acceptors (Lipinski definition) is 6. The molecule has 0 bridgehead atoms. The molecule has 33 heavy (non-hydrogen) atoms. The third-order valence-corrected chi connectivity index (χ3v) is 5.85. The molecule has 1 fully saturated rings. The van der Waals surface area contributed by atoms with Gasteiger partial charge < -0.3 is 20.3 Å². The number of anilines is 2. The van der Waals surface area contributed by atoms with Gasteiger partial charge in [-0.25, -0.2) is 13.8 Å². The Morgan fingerprint density at radius 2 is 1.64 bits per heavy atom. The molecule has 6 nitrogen and oxygen atoms in total. The minimum Gasteiger partial charge on any atom is -0.486 e. The number of nitrogens with zero attached hydrogens (tertiary/aromatic N) is 3. The van der Waals surface area contributed by atoms with Crippen LogP contribution in [-0.4, -0.2) is 49.3 Å². The number of ether oxygens (including phenoxy) is 1. The number of halogens is 3. The number of rotatable bonds is 8. The van der Waals surface area contributed by atoms with E-state index in [1.165, 1.54) is 0 Å². The fraction of sp³-hybridized carbons (Fsp3) is 0.417. The average Bonchev–Trinajstić information content (AvgIpc) is 2.81. The van der Waals surface area contributed by atoms with Crippen LogP contribution in [0.3, 0.4) is 0 Å². The molecule has 1 aliphatic rings. The van der Waals surface area contributed by atoms with E-state index in [-0.39, 0.29) is 18.7 Å². The van der Waals surface area contributed by atoms with Crippen molar-refractivity contribution in [1.29, 1.82) is 0 Å². The largest absolute Gasteiger partial charge is 0.486 e. The Labute approximate surface area is 191 Å². The monoisotopic (exact) mass is 459 g/mol. The van der Waals surface area contributed by atoms with E-state index in [1.54, 1.807) is 0 Å². The molecule has 1 saturated carbocycles. The van der Waals surface area contributed by atoms with Crippen LogP contribution in [0.1, 0.15) is 25.7 Å². The lowest BCUT2D eigenvalue weighted by Gasteiger charge is -2.30. The van der Waals surface area contributed by atoms with Crippen molar-refractivity contribution in [1.82, 2.24) is 15.3 Å². The summed E-state index contributed by atoms with van der Waals surface area (Å²) in [6.45, 7) is 0.464. The third kappa shape index (κ3) is 5.47. The Hall–Kier alpha value is -3.07. The van der Waals surface area contributed by atoms with Crippen molar-refractivity contribution < 1.29 is 17.9 Å². The first-order valence-electron chi connectivity index (χ1n) is 11.1. The van der Waals surface area contributed by atoms with Crippen LogP contribution in [-0.2, 0) is 0 Å². The predicted octanol–water partition coefficient (Wildman–Crippen LogP) is 4.50. The van der Waals surface area contributed by atoms with Gasteiger partial charge in [-0.15, -0.1) is 0 Å². The zero-order valence-corrected chi connectivity index (χ0v) is 18.7. The van der Waals surface area contributed by atoms with Crippen LogP contribution in [0.15, 0.2) is 36.4 Å². The molecule has 0 unspecified atom stereocenters. The highest BCUT2D eigenvalue weighted by Crippen LogP contribution is 2.27. The number of hydrogen-bond donors (Lipinski definition) is 2. The van der Waals surface area contributed by atoms with Crippen LogP contribution >= 0.6 is 0 Å². The second-order valence-corrected chi connectivity index (χ2v) is 8.45. The van der Waals surface area contributed by atoms with E-state index in [1.807, 2.05) is 43.3 Å². The van der Waals surface area contributed by atoms with Gasteiger partial charge >= 0.3 is 0 Å². The number of fused-ring (bicyclic) bond motifs is 1. The second kappa shape index (κ2) is 10.2. The quantitative estimate of drug-likeness (QED) is 0.382. The summed E-state index contributed by atoms with van der Waals surface area (Å²) in [6, 6.07) is 10.1. The van der Waals surface area contributed by atoms with Crippen LogP contribution in [0.25, 0.3) is 10.9 Å². The smallest absolute Gasteiger partial charge is 0.225 e. The lowest BCUT2D eigenvalue weighted by molar-refractivity contribution is 0.261. The van der Waals surface area contributed by atoms with E-state index in [2.05, 4.69) is 15.6 Å². The molecular weight excluding hydrogens is 431 g/mol. The van der Waals surface area contributed by atoms with E-state index in [0.717, 1.165) is 54.5 Å². The van der Waals surface area contributed by atoms with Gasteiger partial charge in [0.15, 0.2) is 17.4 Å². The van der Waals surface area contributed by atoms with Gasteiger partial charge in [-0.1, -0.05) is 12.1 Å². The van der Waals surface area contributed by atoms with E-state index >= 15 is 0 Å². The molecule has 9 heteroatoms. The maximum Gasteiger partial charge on any atom is 0.225 e. The maximum atomic E-state index is 13.6. The van der Waals surface area contributed by atoms with Gasteiger partial charge in [0.1, 0.15) is 12.4 Å². The van der Waals surface area contributed by atoms with Gasteiger partial charge in [0.25, 0.3) is 0 Å². The molecule has 3 aromatic rings. The topological polar surface area (TPSA) is 62.3 Å². The van der Waals surface area contributed by atoms with E-state index in [9.17, 15) is 13.2 Å². The lowest BCUT2D eigenvalue weighted by atomic mass is 9.91. The van der Waals surface area contributed by atoms with Crippen molar-refractivity contribution in [3.05, 3.63) is 53.8 Å². The summed E-state index contributed by atoms with van der Waals surface area (Å²) in [6.07, 6.45) is 3.77. The molecule has 0 spiro atoms. The first-order valence-corrected chi connectivity index (χ1v) is 11.1. The molecule has 0 aliphatic heterocycles. The van der Waals surface area contributed by atoms with Crippen LogP contribution < -0.4 is 20.3 Å². The molecule has 1 aromatic heterocycles. The lowest BCUT2D eigenvalue weighted by Crippen LogP contribution is -2.39. The van der Waals surface area contributed by atoms with Crippen molar-refractivity contribution >= 4 is 22.7 Å². The summed E-state index contributed by atoms with van der Waals surface area (Å²) in [5, 5.41) is 7.84. The number of benzene rings is 2. The van der Waals surface area contributed by atoms with Crippen LogP contribution in [0.5, 0.6) is 5.75 Å². The van der Waals surface area contributed by atoms with Gasteiger partial charge in [-0.2, -0.15) is 9.37 Å². The fourth-order valence-electron chi connectivity index (χ4n) is 4.15. The molecule has 0 amide bonds. The third-order valence-electron chi connectivity index (χ3n) is 5.85.